The third-order valence-electron chi connectivity index (χ3n) is 4.99. The lowest BCUT2D eigenvalue weighted by molar-refractivity contribution is 0.0949. The third kappa shape index (κ3) is 4.67. The van der Waals surface area contributed by atoms with E-state index in [1.54, 1.807) is 12.1 Å². The van der Waals surface area contributed by atoms with Gasteiger partial charge in [0, 0.05) is 24.0 Å². The minimum Gasteiger partial charge on any atom is -0.352 e. The molecule has 4 aromatic rings. The Bertz CT molecular complexity index is 1230. The quantitative estimate of drug-likeness (QED) is 0.461. The summed E-state index contributed by atoms with van der Waals surface area (Å²) >= 11 is 1.45. The van der Waals surface area contributed by atoms with E-state index in [4.69, 9.17) is 0 Å². The normalized spacial score (nSPS) is 10.9. The van der Waals surface area contributed by atoms with Crippen LogP contribution >= 0.6 is 11.3 Å². The summed E-state index contributed by atoms with van der Waals surface area (Å²) in [4.78, 5) is 26.4. The molecule has 0 fully saturated rings. The van der Waals surface area contributed by atoms with Gasteiger partial charge in [-0.05, 0) is 43.2 Å². The lowest BCUT2D eigenvalue weighted by Crippen LogP contribution is -2.24. The highest BCUT2D eigenvalue weighted by atomic mass is 32.1. The van der Waals surface area contributed by atoms with Gasteiger partial charge in [-0.2, -0.15) is 5.10 Å². The summed E-state index contributed by atoms with van der Waals surface area (Å²) in [5.74, 6) is -0.242. The number of aryl methyl sites for hydroxylation is 1. The van der Waals surface area contributed by atoms with Crippen molar-refractivity contribution in [1.82, 2.24) is 20.4 Å². The highest BCUT2D eigenvalue weighted by Crippen LogP contribution is 2.29. The van der Waals surface area contributed by atoms with Gasteiger partial charge in [0.15, 0.2) is 0 Å². The number of carbonyl (C=O) groups excluding carboxylic acids is 2. The molecule has 0 bridgehead atoms. The maximum Gasteiger partial charge on any atom is 0.261 e. The maximum atomic E-state index is 12.8. The first-order chi connectivity index (χ1) is 15.0. The fraction of sp³-hybridized carbons (Fsp3) is 0.208. The minimum absolute atomic E-state index is 0.112. The van der Waals surface area contributed by atoms with Crippen molar-refractivity contribution in [2.45, 2.75) is 26.9 Å². The highest BCUT2D eigenvalue weighted by molar-refractivity contribution is 7.20. The van der Waals surface area contributed by atoms with Crippen LogP contribution in [0.2, 0.25) is 0 Å². The number of fused-ring (bicyclic) bond motifs is 1. The molecule has 2 N–H and O–H groups in total. The Kier molecular flexibility index (Phi) is 6.13. The summed E-state index contributed by atoms with van der Waals surface area (Å²) < 4.78 is 1.96. The molecular weight excluding hydrogens is 408 g/mol. The van der Waals surface area contributed by atoms with Crippen molar-refractivity contribution in [3.8, 4) is 0 Å². The SMILES string of the molecule is CCNC(=O)c1cccc(CNC(=O)c2cc3c(C)nn(Cc4ccccc4)c3s2)c1. The maximum absolute atomic E-state index is 12.8. The van der Waals surface area contributed by atoms with E-state index in [1.165, 1.54) is 16.9 Å². The Morgan fingerprint density at radius 3 is 2.52 bits per heavy atom. The van der Waals surface area contributed by atoms with Gasteiger partial charge in [-0.3, -0.25) is 14.3 Å². The molecule has 0 unspecified atom stereocenters. The van der Waals surface area contributed by atoms with Gasteiger partial charge in [-0.25, -0.2) is 0 Å². The summed E-state index contributed by atoms with van der Waals surface area (Å²) in [6, 6.07) is 19.4. The van der Waals surface area contributed by atoms with E-state index in [1.807, 2.05) is 54.9 Å². The third-order valence-corrected chi connectivity index (χ3v) is 6.13. The molecule has 0 saturated carbocycles. The summed E-state index contributed by atoms with van der Waals surface area (Å²) in [7, 11) is 0. The molecule has 4 rings (SSSR count). The Morgan fingerprint density at radius 2 is 1.74 bits per heavy atom. The molecule has 2 aromatic carbocycles. The number of nitrogens with zero attached hydrogens (tertiary/aromatic N) is 2. The number of carbonyl (C=O) groups is 2. The van der Waals surface area contributed by atoms with Crippen LogP contribution in [-0.2, 0) is 13.1 Å². The zero-order valence-electron chi connectivity index (χ0n) is 17.5. The van der Waals surface area contributed by atoms with E-state index < -0.39 is 0 Å². The van der Waals surface area contributed by atoms with Gasteiger partial charge >= 0.3 is 0 Å². The molecule has 0 aliphatic carbocycles. The molecular formula is C24H24N4O2S. The van der Waals surface area contributed by atoms with Crippen LogP contribution in [0.5, 0.6) is 0 Å². The predicted molar refractivity (Wildman–Crippen MR) is 124 cm³/mol. The van der Waals surface area contributed by atoms with Crippen molar-refractivity contribution in [1.29, 1.82) is 0 Å². The van der Waals surface area contributed by atoms with Gasteiger partial charge in [0.2, 0.25) is 0 Å². The second-order valence-electron chi connectivity index (χ2n) is 7.30. The number of hydrogen-bond acceptors (Lipinski definition) is 4. The number of nitrogens with one attached hydrogen (secondary N) is 2. The molecule has 0 aliphatic rings. The molecule has 2 heterocycles. The summed E-state index contributed by atoms with van der Waals surface area (Å²) in [6.07, 6.45) is 0. The van der Waals surface area contributed by atoms with E-state index in [0.717, 1.165) is 21.5 Å². The second-order valence-corrected chi connectivity index (χ2v) is 8.33. The van der Waals surface area contributed by atoms with Gasteiger partial charge in [0.05, 0.1) is 17.1 Å². The molecule has 0 atom stereocenters. The van der Waals surface area contributed by atoms with Gasteiger partial charge in [-0.15, -0.1) is 11.3 Å². The molecule has 2 aromatic heterocycles. The van der Waals surface area contributed by atoms with Crippen LogP contribution in [0, 0.1) is 6.92 Å². The van der Waals surface area contributed by atoms with Crippen molar-refractivity contribution < 1.29 is 9.59 Å². The van der Waals surface area contributed by atoms with Crippen LogP contribution in [0.4, 0.5) is 0 Å². The van der Waals surface area contributed by atoms with Gasteiger partial charge in [0.1, 0.15) is 4.83 Å². The van der Waals surface area contributed by atoms with Crippen LogP contribution < -0.4 is 10.6 Å². The lowest BCUT2D eigenvalue weighted by atomic mass is 10.1. The van der Waals surface area contributed by atoms with Crippen LogP contribution in [0.25, 0.3) is 10.2 Å². The fourth-order valence-corrected chi connectivity index (χ4v) is 4.52. The number of aromatic nitrogens is 2. The highest BCUT2D eigenvalue weighted by Gasteiger charge is 2.16. The molecule has 0 radical (unpaired) electrons. The molecule has 0 aliphatic heterocycles. The summed E-state index contributed by atoms with van der Waals surface area (Å²) in [5.41, 5.74) is 3.55. The number of hydrogen-bond donors (Lipinski definition) is 2. The lowest BCUT2D eigenvalue weighted by Gasteiger charge is -2.07. The predicted octanol–water partition coefficient (Wildman–Crippen LogP) is 4.13. The first-order valence-electron chi connectivity index (χ1n) is 10.2. The van der Waals surface area contributed by atoms with Crippen LogP contribution in [0.3, 0.4) is 0 Å². The topological polar surface area (TPSA) is 76.0 Å². The van der Waals surface area contributed by atoms with Gasteiger partial charge in [-0.1, -0.05) is 42.5 Å². The fourth-order valence-electron chi connectivity index (χ4n) is 3.44. The van der Waals surface area contributed by atoms with Crippen LogP contribution in [0.1, 0.15) is 43.8 Å². The second kappa shape index (κ2) is 9.14. The first kappa shape index (κ1) is 20.8. The van der Waals surface area contributed by atoms with E-state index in [9.17, 15) is 9.59 Å². The van der Waals surface area contributed by atoms with Gasteiger partial charge < -0.3 is 10.6 Å². The van der Waals surface area contributed by atoms with Crippen molar-refractivity contribution in [2.75, 3.05) is 6.54 Å². The molecule has 31 heavy (non-hydrogen) atoms. The number of rotatable bonds is 7. The molecule has 0 saturated heterocycles. The molecule has 0 spiro atoms. The minimum atomic E-state index is -0.129. The number of amides is 2. The largest absolute Gasteiger partial charge is 0.352 e. The average Bonchev–Trinajstić information content (AvgIpc) is 3.34. The van der Waals surface area contributed by atoms with Crippen molar-refractivity contribution in [2.24, 2.45) is 0 Å². The number of thiophene rings is 1. The van der Waals surface area contributed by atoms with Crippen LogP contribution in [0.15, 0.2) is 60.7 Å². The Morgan fingerprint density at radius 1 is 0.968 bits per heavy atom. The van der Waals surface area contributed by atoms with Gasteiger partial charge in [0.25, 0.3) is 11.8 Å². The smallest absolute Gasteiger partial charge is 0.261 e. The Hall–Kier alpha value is -3.45. The van der Waals surface area contributed by atoms with E-state index in [0.29, 0.717) is 30.1 Å². The van der Waals surface area contributed by atoms with E-state index >= 15 is 0 Å². The Labute approximate surface area is 184 Å². The van der Waals surface area contributed by atoms with E-state index in [-0.39, 0.29) is 11.8 Å². The number of benzene rings is 2. The molecule has 6 nitrogen and oxygen atoms in total. The summed E-state index contributed by atoms with van der Waals surface area (Å²) in [6.45, 7) is 5.44. The van der Waals surface area contributed by atoms with Crippen molar-refractivity contribution in [3.63, 3.8) is 0 Å². The van der Waals surface area contributed by atoms with Crippen molar-refractivity contribution in [3.05, 3.63) is 87.9 Å². The monoisotopic (exact) mass is 432 g/mol. The molecule has 2 amide bonds. The van der Waals surface area contributed by atoms with Crippen LogP contribution in [-0.4, -0.2) is 28.1 Å². The zero-order valence-corrected chi connectivity index (χ0v) is 18.3. The summed E-state index contributed by atoms with van der Waals surface area (Å²) in [5, 5.41) is 11.4. The first-order valence-corrected chi connectivity index (χ1v) is 11.0. The average molecular weight is 433 g/mol. The molecule has 158 valence electrons. The standard InChI is InChI=1S/C24H24N4O2S/c1-3-25-22(29)19-11-7-10-18(12-19)14-26-23(30)21-13-20-16(2)27-28(24(20)31-21)15-17-8-5-4-6-9-17/h4-13H,3,14-15H2,1-2H3,(H,25,29)(H,26,30). The van der Waals surface area contributed by atoms with E-state index in [2.05, 4.69) is 27.9 Å². The zero-order chi connectivity index (χ0) is 21.8. The Balaban J connectivity index is 1.48. The molecule has 7 heteroatoms. The van der Waals surface area contributed by atoms with Crippen molar-refractivity contribution >= 4 is 33.4 Å².